The number of carbonyl (C=O) groups is 3. The minimum Gasteiger partial charge on any atom is -0.462 e. The lowest BCUT2D eigenvalue weighted by atomic mass is 10.1. The highest BCUT2D eigenvalue weighted by Crippen LogP contribution is 2.21. The number of amides is 2. The van der Waals surface area contributed by atoms with Crippen LogP contribution in [0.15, 0.2) is 83.4 Å². The van der Waals surface area contributed by atoms with Gasteiger partial charge in [-0.1, -0.05) is 29.8 Å². The Morgan fingerprint density at radius 3 is 2.08 bits per heavy atom. The van der Waals surface area contributed by atoms with E-state index in [1.165, 1.54) is 61.5 Å². The highest BCUT2D eigenvalue weighted by Gasteiger charge is 2.17. The lowest BCUT2D eigenvalue weighted by Crippen LogP contribution is -2.29. The second-order valence-electron chi connectivity index (χ2n) is 7.91. The number of hydrogen-bond donors (Lipinski definition) is 2. The smallest absolute Gasteiger partial charge is 0.339 e. The molecule has 2 amide bonds. The maximum Gasteiger partial charge on any atom is 0.339 e. The molecule has 0 saturated carbocycles. The van der Waals surface area contributed by atoms with Crippen molar-refractivity contribution in [3.63, 3.8) is 0 Å². The number of aryl methyl sites for hydroxylation is 1. The summed E-state index contributed by atoms with van der Waals surface area (Å²) in [6.07, 6.45) is 1.43. The monoisotopic (exact) mass is 522 g/mol. The highest BCUT2D eigenvalue weighted by molar-refractivity contribution is 7.87. The molecule has 3 rings (SSSR count). The molecule has 0 aliphatic heterocycles. The second-order valence-corrected chi connectivity index (χ2v) is 9.46. The van der Waals surface area contributed by atoms with Crippen LogP contribution in [0.1, 0.15) is 35.3 Å². The van der Waals surface area contributed by atoms with E-state index in [2.05, 4.69) is 10.6 Å². The number of esters is 1. The zero-order valence-corrected chi connectivity index (χ0v) is 21.3. The molecule has 2 N–H and O–H groups in total. The first-order valence-corrected chi connectivity index (χ1v) is 12.7. The molecule has 3 aromatic carbocycles. The van der Waals surface area contributed by atoms with Gasteiger partial charge in [0.1, 0.15) is 16.3 Å². The number of anilines is 1. The predicted molar refractivity (Wildman–Crippen MR) is 138 cm³/mol. The van der Waals surface area contributed by atoms with Crippen molar-refractivity contribution >= 4 is 39.7 Å². The van der Waals surface area contributed by atoms with Crippen LogP contribution in [0.4, 0.5) is 5.69 Å². The molecule has 0 unspecified atom stereocenters. The van der Waals surface area contributed by atoms with Crippen LogP contribution in [0.5, 0.6) is 5.75 Å². The average Bonchev–Trinajstić information content (AvgIpc) is 2.85. The zero-order valence-electron chi connectivity index (χ0n) is 20.5. The number of nitrogens with one attached hydrogen (secondary N) is 2. The first kappa shape index (κ1) is 27.2. The fourth-order valence-electron chi connectivity index (χ4n) is 3.12. The predicted octanol–water partition coefficient (Wildman–Crippen LogP) is 4.06. The Morgan fingerprint density at radius 2 is 1.51 bits per heavy atom. The third kappa shape index (κ3) is 7.77. The van der Waals surface area contributed by atoms with E-state index >= 15 is 0 Å². The Kier molecular flexibility index (Phi) is 8.81. The normalized spacial score (nSPS) is 11.4. The third-order valence-corrected chi connectivity index (χ3v) is 6.18. The molecule has 0 fully saturated rings. The van der Waals surface area contributed by atoms with E-state index in [9.17, 15) is 22.8 Å². The third-order valence-electron chi connectivity index (χ3n) is 4.92. The summed E-state index contributed by atoms with van der Waals surface area (Å²) in [5.74, 6) is -1.44. The van der Waals surface area contributed by atoms with Gasteiger partial charge in [0.05, 0.1) is 12.2 Å². The average molecular weight is 523 g/mol. The summed E-state index contributed by atoms with van der Waals surface area (Å²) in [7, 11) is -4.01. The maximum absolute atomic E-state index is 12.8. The van der Waals surface area contributed by atoms with Gasteiger partial charge in [0.2, 0.25) is 5.91 Å². The van der Waals surface area contributed by atoms with E-state index in [1.54, 1.807) is 31.2 Å². The summed E-state index contributed by atoms with van der Waals surface area (Å²) in [6, 6.07) is 18.3. The van der Waals surface area contributed by atoms with Gasteiger partial charge in [-0.25, -0.2) is 4.79 Å². The molecule has 0 aliphatic rings. The molecule has 0 aromatic heterocycles. The fourth-order valence-corrected chi connectivity index (χ4v) is 4.05. The van der Waals surface area contributed by atoms with Gasteiger partial charge in [-0.2, -0.15) is 8.42 Å². The van der Waals surface area contributed by atoms with Gasteiger partial charge in [0.25, 0.3) is 5.91 Å². The molecule has 3 aromatic rings. The quantitative estimate of drug-likeness (QED) is 0.246. The molecule has 0 spiro atoms. The van der Waals surface area contributed by atoms with Gasteiger partial charge < -0.3 is 19.6 Å². The van der Waals surface area contributed by atoms with E-state index in [1.807, 2.05) is 6.92 Å². The summed E-state index contributed by atoms with van der Waals surface area (Å²) in [5.41, 5.74) is 2.13. The van der Waals surface area contributed by atoms with Crippen molar-refractivity contribution in [2.24, 2.45) is 0 Å². The van der Waals surface area contributed by atoms with Crippen LogP contribution in [-0.4, -0.2) is 32.8 Å². The Balaban J connectivity index is 1.74. The largest absolute Gasteiger partial charge is 0.462 e. The first-order valence-electron chi connectivity index (χ1n) is 11.3. The van der Waals surface area contributed by atoms with Gasteiger partial charge in [-0.15, -0.1) is 0 Å². The van der Waals surface area contributed by atoms with Crippen LogP contribution in [0.25, 0.3) is 6.08 Å². The van der Waals surface area contributed by atoms with Gasteiger partial charge in [-0.05, 0) is 74.0 Å². The molecule has 10 heteroatoms. The molecule has 37 heavy (non-hydrogen) atoms. The zero-order chi connectivity index (χ0) is 27.0. The molecule has 9 nitrogen and oxygen atoms in total. The molecular formula is C27H26N2O7S. The SMILES string of the molecule is CCOC(=O)c1ccc(NC(=O)/C(=C\c2ccc(OS(=O)(=O)c3ccc(C)cc3)cc2)NC(C)=O)cc1. The topological polar surface area (TPSA) is 128 Å². The van der Waals surface area contributed by atoms with E-state index in [4.69, 9.17) is 8.92 Å². The molecule has 0 atom stereocenters. The van der Waals surface area contributed by atoms with Gasteiger partial charge in [0, 0.05) is 12.6 Å². The molecule has 0 heterocycles. The summed E-state index contributed by atoms with van der Waals surface area (Å²) >= 11 is 0. The van der Waals surface area contributed by atoms with Gasteiger partial charge in [0.15, 0.2) is 0 Å². The minimum absolute atomic E-state index is 0.0296. The molecule has 0 saturated heterocycles. The summed E-state index contributed by atoms with van der Waals surface area (Å²) in [4.78, 5) is 36.3. The van der Waals surface area contributed by atoms with Crippen LogP contribution in [0.3, 0.4) is 0 Å². The van der Waals surface area contributed by atoms with E-state index in [-0.39, 0.29) is 22.9 Å². The minimum atomic E-state index is -4.01. The number of ether oxygens (including phenoxy) is 1. The van der Waals surface area contributed by atoms with Crippen molar-refractivity contribution in [1.29, 1.82) is 0 Å². The standard InChI is InChI=1S/C27H26N2O7S/c1-4-35-27(32)21-9-11-22(12-10-21)29-26(31)25(28-19(3)30)17-20-7-13-23(14-8-20)36-37(33,34)24-15-5-18(2)6-16-24/h5-17H,4H2,1-3H3,(H,28,30)(H,29,31)/b25-17+. The number of rotatable bonds is 9. The van der Waals surface area contributed by atoms with Crippen molar-refractivity contribution in [2.45, 2.75) is 25.7 Å². The van der Waals surface area contributed by atoms with Crippen molar-refractivity contribution < 1.29 is 31.7 Å². The molecular weight excluding hydrogens is 496 g/mol. The van der Waals surface area contributed by atoms with Crippen molar-refractivity contribution in [2.75, 3.05) is 11.9 Å². The molecule has 0 aliphatic carbocycles. The van der Waals surface area contributed by atoms with E-state index in [0.29, 0.717) is 16.8 Å². The maximum atomic E-state index is 12.8. The molecule has 0 radical (unpaired) electrons. The number of hydrogen-bond acceptors (Lipinski definition) is 7. The van der Waals surface area contributed by atoms with E-state index in [0.717, 1.165) is 5.56 Å². The first-order chi connectivity index (χ1) is 17.6. The summed E-state index contributed by atoms with van der Waals surface area (Å²) in [6.45, 7) is 5.07. The fraction of sp³-hybridized carbons (Fsp3) is 0.148. The van der Waals surface area contributed by atoms with Crippen molar-refractivity contribution in [1.82, 2.24) is 5.32 Å². The van der Waals surface area contributed by atoms with Crippen LogP contribution in [0, 0.1) is 6.92 Å². The van der Waals surface area contributed by atoms with Gasteiger partial charge in [-0.3, -0.25) is 9.59 Å². The van der Waals surface area contributed by atoms with Crippen LogP contribution < -0.4 is 14.8 Å². The second kappa shape index (κ2) is 12.0. The van der Waals surface area contributed by atoms with Crippen LogP contribution >= 0.6 is 0 Å². The van der Waals surface area contributed by atoms with Crippen LogP contribution in [-0.2, 0) is 24.4 Å². The Bertz CT molecular complexity index is 1410. The summed E-state index contributed by atoms with van der Waals surface area (Å²) in [5, 5.41) is 5.13. The highest BCUT2D eigenvalue weighted by atomic mass is 32.2. The summed E-state index contributed by atoms with van der Waals surface area (Å²) < 4.78 is 35.1. The lowest BCUT2D eigenvalue weighted by molar-refractivity contribution is -0.120. The number of benzene rings is 3. The Hall–Kier alpha value is -4.44. The number of carbonyl (C=O) groups excluding carboxylic acids is 3. The molecule has 0 bridgehead atoms. The van der Waals surface area contributed by atoms with Gasteiger partial charge >= 0.3 is 16.1 Å². The lowest BCUT2D eigenvalue weighted by Gasteiger charge is -2.11. The van der Waals surface area contributed by atoms with E-state index < -0.39 is 27.9 Å². The van der Waals surface area contributed by atoms with Crippen molar-refractivity contribution in [3.8, 4) is 5.75 Å². The Morgan fingerprint density at radius 1 is 0.892 bits per heavy atom. The van der Waals surface area contributed by atoms with Crippen LogP contribution in [0.2, 0.25) is 0 Å². The van der Waals surface area contributed by atoms with Crippen molar-refractivity contribution in [3.05, 3.63) is 95.2 Å². The molecule has 192 valence electrons. The Labute approximate surface area is 215 Å².